The Balaban J connectivity index is 0.998. The molecule has 0 amide bonds. The number of hydrogen-bond acceptors (Lipinski definition) is 4. The molecule has 50 heavy (non-hydrogen) atoms. The molecule has 6 bridgehead atoms. The van der Waals surface area contributed by atoms with Crippen LogP contribution in [0, 0.1) is 5.92 Å². The lowest BCUT2D eigenvalue weighted by molar-refractivity contribution is -0.133. The van der Waals surface area contributed by atoms with E-state index >= 15 is 0 Å². The first kappa shape index (κ1) is 27.3. The van der Waals surface area contributed by atoms with E-state index < -0.39 is 0 Å². The maximum Gasteiger partial charge on any atom is 0.308 e. The van der Waals surface area contributed by atoms with Gasteiger partial charge < -0.3 is 9.47 Å². The molecule has 0 N–H and O–H groups in total. The molecular formula is C46H38O4. The molecule has 0 saturated heterocycles. The van der Waals surface area contributed by atoms with E-state index in [0.717, 1.165) is 58.9 Å². The van der Waals surface area contributed by atoms with Gasteiger partial charge in [-0.2, -0.15) is 0 Å². The highest BCUT2D eigenvalue weighted by molar-refractivity contribution is 5.83. The monoisotopic (exact) mass is 654 g/mol. The molecule has 0 heterocycles. The Bertz CT molecular complexity index is 2390. The summed E-state index contributed by atoms with van der Waals surface area (Å²) >= 11 is 0. The van der Waals surface area contributed by atoms with Crippen molar-refractivity contribution >= 4 is 11.9 Å². The first-order valence-electron chi connectivity index (χ1n) is 19.2. The van der Waals surface area contributed by atoms with Crippen molar-refractivity contribution in [1.29, 1.82) is 0 Å². The summed E-state index contributed by atoms with van der Waals surface area (Å²) in [4.78, 5) is 26.0. The van der Waals surface area contributed by atoms with Crippen molar-refractivity contribution < 1.29 is 19.1 Å². The summed E-state index contributed by atoms with van der Waals surface area (Å²) in [5, 5.41) is 0. The second-order valence-electron chi connectivity index (χ2n) is 17.0. The maximum absolute atomic E-state index is 13.0. The molecule has 0 aliphatic heterocycles. The van der Waals surface area contributed by atoms with Gasteiger partial charge in [0.2, 0.25) is 0 Å². The Morgan fingerprint density at radius 2 is 1.02 bits per heavy atom. The maximum atomic E-state index is 13.0. The molecule has 0 spiro atoms. The summed E-state index contributed by atoms with van der Waals surface area (Å²) < 4.78 is 12.8. The minimum absolute atomic E-state index is 0.128. The number of benzene rings is 4. The molecule has 4 nitrogen and oxygen atoms in total. The highest BCUT2D eigenvalue weighted by Crippen LogP contribution is 2.72. The van der Waals surface area contributed by atoms with Crippen LogP contribution in [0.15, 0.2) is 60.2 Å². The van der Waals surface area contributed by atoms with E-state index in [0.29, 0.717) is 23.7 Å². The van der Waals surface area contributed by atoms with Gasteiger partial charge in [-0.3, -0.25) is 9.59 Å². The van der Waals surface area contributed by atoms with Crippen molar-refractivity contribution in [2.75, 3.05) is 0 Å². The van der Waals surface area contributed by atoms with Crippen molar-refractivity contribution in [1.82, 2.24) is 0 Å². The summed E-state index contributed by atoms with van der Waals surface area (Å²) in [6.07, 6.45) is 10.8. The molecule has 1 saturated carbocycles. The first-order chi connectivity index (χ1) is 24.4. The van der Waals surface area contributed by atoms with Gasteiger partial charge in [0.15, 0.2) is 0 Å². The lowest BCUT2D eigenvalue weighted by atomic mass is 9.66. The van der Waals surface area contributed by atoms with Crippen LogP contribution < -0.4 is 9.47 Å². The number of hydrogen-bond donors (Lipinski definition) is 0. The van der Waals surface area contributed by atoms with E-state index in [-0.39, 0.29) is 35.6 Å². The van der Waals surface area contributed by atoms with Gasteiger partial charge in [-0.25, -0.2) is 0 Å². The molecule has 0 aromatic heterocycles. The molecular weight excluding hydrogens is 617 g/mol. The Morgan fingerprint density at radius 1 is 0.560 bits per heavy atom. The number of fused-ring (bicyclic) bond motifs is 30. The van der Waals surface area contributed by atoms with Gasteiger partial charge >= 0.3 is 11.9 Å². The minimum Gasteiger partial charge on any atom is -0.426 e. The van der Waals surface area contributed by atoms with E-state index in [1.54, 1.807) is 30.5 Å². The van der Waals surface area contributed by atoms with Crippen LogP contribution in [0.25, 0.3) is 0 Å². The third-order valence-corrected chi connectivity index (χ3v) is 15.1. The minimum atomic E-state index is -0.273. The summed E-state index contributed by atoms with van der Waals surface area (Å²) in [7, 11) is 0. The van der Waals surface area contributed by atoms with Gasteiger partial charge in [-0.1, -0.05) is 60.2 Å². The van der Waals surface area contributed by atoms with Gasteiger partial charge in [-0.05, 0) is 112 Å². The van der Waals surface area contributed by atoms with E-state index in [4.69, 9.17) is 9.47 Å². The SMILES string of the molecule is CC(=O)Oc1c2c(c(OC(C)=O)c3c1C1CC3c3cc4c(cc31)C1C3=CCCCC3C[C@H]41)C1CC2c2cc3c(cc21)C1CC3c2ccccc21. The van der Waals surface area contributed by atoms with E-state index in [9.17, 15) is 9.59 Å². The Morgan fingerprint density at radius 3 is 1.54 bits per heavy atom. The van der Waals surface area contributed by atoms with Crippen molar-refractivity contribution in [2.45, 2.75) is 106 Å². The number of carbonyl (C=O) groups is 2. The molecule has 4 aromatic rings. The standard InChI is InChI=1S/C46H38O4/c1-19(47)49-45-41-36-17-37(30-14-28-26-12-25(27(28)13-29(30)36)23-9-5-6-10-24(23)26)42(41)46(50-20(2)48)44-39-18-38(43(44)45)31-15-33-34-11-21-7-3-4-8-22(21)40(34)35(33)16-32(31)39/h5-6,8-10,13-16,21,25-26,34,36-40H,3-4,7,11-12,17-18H2,1-2H3/t21?,25?,26?,34-,36?,37?,38?,39?,40?/m1/s1. The summed E-state index contributed by atoms with van der Waals surface area (Å²) in [6, 6.07) is 19.1. The van der Waals surface area contributed by atoms with Gasteiger partial charge in [-0.15, -0.1) is 0 Å². The number of carbonyl (C=O) groups excluding carboxylic acids is 2. The molecule has 9 aliphatic carbocycles. The third kappa shape index (κ3) is 3.02. The van der Waals surface area contributed by atoms with Gasteiger partial charge in [0.05, 0.1) is 0 Å². The van der Waals surface area contributed by atoms with Crippen molar-refractivity contribution in [2.24, 2.45) is 5.92 Å². The van der Waals surface area contributed by atoms with E-state index in [2.05, 4.69) is 54.6 Å². The predicted molar refractivity (Wildman–Crippen MR) is 189 cm³/mol. The molecule has 0 radical (unpaired) electrons. The van der Waals surface area contributed by atoms with Crippen LogP contribution in [0.5, 0.6) is 11.5 Å². The Kier molecular flexibility index (Phi) is 4.85. The predicted octanol–water partition coefficient (Wildman–Crippen LogP) is 9.79. The zero-order valence-corrected chi connectivity index (χ0v) is 28.5. The van der Waals surface area contributed by atoms with Crippen LogP contribution in [0.4, 0.5) is 0 Å². The highest BCUT2D eigenvalue weighted by Gasteiger charge is 2.56. The number of rotatable bonds is 2. The summed E-state index contributed by atoms with van der Waals surface area (Å²) in [5.74, 6) is 4.49. The van der Waals surface area contributed by atoms with Gasteiger partial charge in [0.1, 0.15) is 11.5 Å². The van der Waals surface area contributed by atoms with E-state index in [1.807, 2.05) is 0 Å². The van der Waals surface area contributed by atoms with Crippen molar-refractivity contribution in [3.63, 3.8) is 0 Å². The van der Waals surface area contributed by atoms with Crippen LogP contribution in [0.2, 0.25) is 0 Å². The number of ether oxygens (including phenoxy) is 2. The molecule has 4 heteroatoms. The van der Waals surface area contributed by atoms with Crippen molar-refractivity contribution in [3.05, 3.63) is 138 Å². The smallest absolute Gasteiger partial charge is 0.308 e. The van der Waals surface area contributed by atoms with Gasteiger partial charge in [0.25, 0.3) is 0 Å². The number of esters is 2. The lowest BCUT2D eigenvalue weighted by Gasteiger charge is -2.38. The molecule has 9 aliphatic rings. The molecule has 13 rings (SSSR count). The number of allylic oxidation sites excluding steroid dienone is 2. The van der Waals surface area contributed by atoms with Crippen LogP contribution in [0.3, 0.4) is 0 Å². The second kappa shape index (κ2) is 8.88. The fraction of sp³-hybridized carbons (Fsp3) is 0.391. The summed E-state index contributed by atoms with van der Waals surface area (Å²) in [6.45, 7) is 3.08. The van der Waals surface area contributed by atoms with E-state index in [1.165, 1.54) is 70.2 Å². The highest BCUT2D eigenvalue weighted by atomic mass is 16.5. The van der Waals surface area contributed by atoms with Crippen LogP contribution in [0.1, 0.15) is 184 Å². The Hall–Kier alpha value is -4.44. The Labute approximate surface area is 291 Å². The van der Waals surface area contributed by atoms with Gasteiger partial charge in [0, 0.05) is 77.5 Å². The van der Waals surface area contributed by atoms with Crippen molar-refractivity contribution in [3.8, 4) is 11.5 Å². The topological polar surface area (TPSA) is 52.6 Å². The average Bonchev–Trinajstić information content (AvgIpc) is 3.97. The van der Waals surface area contributed by atoms with Crippen LogP contribution in [-0.4, -0.2) is 11.9 Å². The fourth-order valence-corrected chi connectivity index (χ4v) is 13.6. The largest absolute Gasteiger partial charge is 0.426 e. The molecule has 9 atom stereocenters. The lowest BCUT2D eigenvalue weighted by Crippen LogP contribution is -2.23. The zero-order valence-electron chi connectivity index (χ0n) is 28.5. The fourth-order valence-electron chi connectivity index (χ4n) is 13.6. The summed E-state index contributed by atoms with van der Waals surface area (Å²) in [5.41, 5.74) is 20.9. The zero-order chi connectivity index (χ0) is 32.9. The second-order valence-corrected chi connectivity index (χ2v) is 17.0. The molecule has 4 aromatic carbocycles. The molecule has 246 valence electrons. The van der Waals surface area contributed by atoms with Crippen LogP contribution >= 0.6 is 0 Å². The quantitative estimate of drug-likeness (QED) is 0.123. The average molecular weight is 655 g/mol. The molecule has 1 fully saturated rings. The van der Waals surface area contributed by atoms with Crippen LogP contribution in [-0.2, 0) is 9.59 Å². The normalized spacial score (nSPS) is 32.1. The molecule has 8 unspecified atom stereocenters. The third-order valence-electron chi connectivity index (χ3n) is 15.1. The first-order valence-corrected chi connectivity index (χ1v) is 19.2.